The lowest BCUT2D eigenvalue weighted by Gasteiger charge is -2.03. The van der Waals surface area contributed by atoms with Crippen LogP contribution in [-0.2, 0) is 6.42 Å². The van der Waals surface area contributed by atoms with Crippen molar-refractivity contribution < 1.29 is 4.74 Å². The quantitative estimate of drug-likeness (QED) is 0.780. The Hall–Kier alpha value is -2.27. The minimum Gasteiger partial charge on any atom is -0.481 e. The van der Waals surface area contributed by atoms with Crippen molar-refractivity contribution in [1.29, 1.82) is 0 Å². The molecule has 96 valence electrons. The topological polar surface area (TPSA) is 22.1 Å². The second kappa shape index (κ2) is 6.61. The van der Waals surface area contributed by atoms with Crippen LogP contribution in [0.3, 0.4) is 0 Å². The Morgan fingerprint density at radius 3 is 2.79 bits per heavy atom. The first-order valence-electron chi connectivity index (χ1n) is 6.42. The van der Waals surface area contributed by atoms with E-state index < -0.39 is 0 Å². The molecule has 0 N–H and O–H groups in total. The summed E-state index contributed by atoms with van der Waals surface area (Å²) >= 11 is 0. The lowest BCUT2D eigenvalue weighted by molar-refractivity contribution is 0.370. The van der Waals surface area contributed by atoms with Crippen molar-refractivity contribution in [2.75, 3.05) is 6.61 Å². The second-order valence-electron chi connectivity index (χ2n) is 4.26. The molecule has 1 heterocycles. The van der Waals surface area contributed by atoms with E-state index in [-0.39, 0.29) is 0 Å². The molecular formula is C17H17NO. The summed E-state index contributed by atoms with van der Waals surface area (Å²) in [5.74, 6) is 6.84. The van der Waals surface area contributed by atoms with Crippen LogP contribution in [0.5, 0.6) is 5.75 Å². The predicted octanol–water partition coefficient (Wildman–Crippen LogP) is 3.38. The van der Waals surface area contributed by atoms with Gasteiger partial charge in [-0.15, -0.1) is 0 Å². The first-order chi connectivity index (χ1) is 9.28. The van der Waals surface area contributed by atoms with Gasteiger partial charge in [0.05, 0.1) is 0 Å². The molecule has 0 radical (unpaired) electrons. The van der Waals surface area contributed by atoms with E-state index in [0.29, 0.717) is 6.61 Å². The van der Waals surface area contributed by atoms with E-state index in [4.69, 9.17) is 4.74 Å². The van der Waals surface area contributed by atoms with Gasteiger partial charge in [0.1, 0.15) is 18.1 Å². The van der Waals surface area contributed by atoms with Crippen LogP contribution in [0.4, 0.5) is 0 Å². The molecule has 0 aliphatic rings. The van der Waals surface area contributed by atoms with E-state index in [2.05, 4.69) is 29.8 Å². The number of hydrogen-bond donors (Lipinski definition) is 0. The third-order valence-electron chi connectivity index (χ3n) is 2.72. The fraction of sp³-hybridized carbons (Fsp3) is 0.235. The van der Waals surface area contributed by atoms with Gasteiger partial charge in [-0.2, -0.15) is 0 Å². The molecular weight excluding hydrogens is 234 g/mol. The summed E-state index contributed by atoms with van der Waals surface area (Å²) < 4.78 is 5.60. The molecule has 0 aliphatic carbocycles. The molecule has 0 spiro atoms. The Morgan fingerprint density at radius 1 is 1.16 bits per heavy atom. The predicted molar refractivity (Wildman–Crippen MR) is 77.2 cm³/mol. The zero-order valence-electron chi connectivity index (χ0n) is 11.3. The van der Waals surface area contributed by atoms with E-state index in [9.17, 15) is 0 Å². The largest absolute Gasteiger partial charge is 0.481 e. The number of pyridine rings is 1. The summed E-state index contributed by atoms with van der Waals surface area (Å²) in [7, 11) is 0. The van der Waals surface area contributed by atoms with E-state index in [1.54, 1.807) is 0 Å². The lowest BCUT2D eigenvalue weighted by Crippen LogP contribution is -1.95. The molecule has 1 aromatic heterocycles. The van der Waals surface area contributed by atoms with Crippen LogP contribution in [0.1, 0.15) is 23.9 Å². The molecule has 0 amide bonds. The molecule has 2 nitrogen and oxygen atoms in total. The minimum absolute atomic E-state index is 0.378. The van der Waals surface area contributed by atoms with Crippen molar-refractivity contribution in [3.05, 3.63) is 59.4 Å². The highest BCUT2D eigenvalue weighted by Crippen LogP contribution is 2.13. The fourth-order valence-corrected chi connectivity index (χ4v) is 1.71. The molecule has 2 heteroatoms. The molecule has 19 heavy (non-hydrogen) atoms. The molecule has 0 bridgehead atoms. The third kappa shape index (κ3) is 4.15. The molecule has 2 rings (SSSR count). The highest BCUT2D eigenvalue weighted by Gasteiger charge is 1.94. The minimum atomic E-state index is 0.378. The second-order valence-corrected chi connectivity index (χ2v) is 4.26. The number of benzene rings is 1. The Kier molecular flexibility index (Phi) is 4.58. The summed E-state index contributed by atoms with van der Waals surface area (Å²) in [6, 6.07) is 13.9. The standard InChI is InChI=1S/C17H17NO/c1-3-15-8-5-11-17(13-15)19-12-6-10-16-9-4-7-14(2)18-16/h4-5,7-9,11,13H,3,12H2,1-2H3. The Morgan fingerprint density at radius 2 is 2.00 bits per heavy atom. The molecule has 2 aromatic rings. The van der Waals surface area contributed by atoms with Gasteiger partial charge >= 0.3 is 0 Å². The van der Waals surface area contributed by atoms with Crippen molar-refractivity contribution in [1.82, 2.24) is 4.98 Å². The zero-order chi connectivity index (χ0) is 13.5. The van der Waals surface area contributed by atoms with Crippen LogP contribution >= 0.6 is 0 Å². The van der Waals surface area contributed by atoms with Crippen molar-refractivity contribution in [2.45, 2.75) is 20.3 Å². The average molecular weight is 251 g/mol. The Balaban J connectivity index is 1.93. The van der Waals surface area contributed by atoms with Crippen LogP contribution in [-0.4, -0.2) is 11.6 Å². The first kappa shape index (κ1) is 13.2. The average Bonchev–Trinajstić information content (AvgIpc) is 2.44. The fourth-order valence-electron chi connectivity index (χ4n) is 1.71. The number of aromatic nitrogens is 1. The van der Waals surface area contributed by atoms with Crippen molar-refractivity contribution in [2.24, 2.45) is 0 Å². The van der Waals surface area contributed by atoms with E-state index in [0.717, 1.165) is 23.6 Å². The van der Waals surface area contributed by atoms with Gasteiger partial charge in [0.25, 0.3) is 0 Å². The maximum absolute atomic E-state index is 5.60. The summed E-state index contributed by atoms with van der Waals surface area (Å²) in [4.78, 5) is 4.32. The van der Waals surface area contributed by atoms with Gasteiger partial charge in [-0.3, -0.25) is 0 Å². The Labute approximate surface area is 114 Å². The number of hydrogen-bond acceptors (Lipinski definition) is 2. The normalized spacial score (nSPS) is 9.58. The Bertz CT molecular complexity index is 608. The first-order valence-corrected chi connectivity index (χ1v) is 6.42. The smallest absolute Gasteiger partial charge is 0.149 e. The van der Waals surface area contributed by atoms with Crippen LogP contribution in [0.25, 0.3) is 0 Å². The van der Waals surface area contributed by atoms with E-state index >= 15 is 0 Å². The van der Waals surface area contributed by atoms with Gasteiger partial charge in [-0.25, -0.2) is 4.98 Å². The zero-order valence-corrected chi connectivity index (χ0v) is 11.3. The van der Waals surface area contributed by atoms with Gasteiger partial charge in [0, 0.05) is 5.69 Å². The summed E-state index contributed by atoms with van der Waals surface area (Å²) in [6.07, 6.45) is 1.01. The SMILES string of the molecule is CCc1cccc(OCC#Cc2cccc(C)n2)c1. The van der Waals surface area contributed by atoms with Crippen LogP contribution in [0, 0.1) is 18.8 Å². The number of nitrogens with zero attached hydrogens (tertiary/aromatic N) is 1. The van der Waals surface area contributed by atoms with E-state index in [1.807, 2.05) is 43.3 Å². The third-order valence-corrected chi connectivity index (χ3v) is 2.72. The van der Waals surface area contributed by atoms with Gasteiger partial charge in [-0.1, -0.05) is 31.0 Å². The highest BCUT2D eigenvalue weighted by molar-refractivity contribution is 5.30. The maximum atomic E-state index is 5.60. The van der Waals surface area contributed by atoms with Crippen LogP contribution in [0.2, 0.25) is 0 Å². The van der Waals surface area contributed by atoms with Crippen molar-refractivity contribution >= 4 is 0 Å². The van der Waals surface area contributed by atoms with Crippen molar-refractivity contribution in [3.63, 3.8) is 0 Å². The van der Waals surface area contributed by atoms with E-state index in [1.165, 1.54) is 5.56 Å². The van der Waals surface area contributed by atoms with Gasteiger partial charge in [0.15, 0.2) is 0 Å². The molecule has 0 aliphatic heterocycles. The maximum Gasteiger partial charge on any atom is 0.149 e. The molecule has 0 saturated heterocycles. The van der Waals surface area contributed by atoms with Crippen LogP contribution < -0.4 is 4.74 Å². The van der Waals surface area contributed by atoms with Crippen molar-refractivity contribution in [3.8, 4) is 17.6 Å². The van der Waals surface area contributed by atoms with Gasteiger partial charge in [0.2, 0.25) is 0 Å². The molecule has 0 unspecified atom stereocenters. The van der Waals surface area contributed by atoms with Gasteiger partial charge in [-0.05, 0) is 49.1 Å². The number of ether oxygens (including phenoxy) is 1. The summed E-state index contributed by atoms with van der Waals surface area (Å²) in [5.41, 5.74) is 3.03. The molecule has 0 atom stereocenters. The number of aryl methyl sites for hydroxylation is 2. The molecule has 1 aromatic carbocycles. The van der Waals surface area contributed by atoms with Gasteiger partial charge < -0.3 is 4.74 Å². The molecule has 0 fully saturated rings. The summed E-state index contributed by atoms with van der Waals surface area (Å²) in [6.45, 7) is 4.46. The number of rotatable bonds is 3. The van der Waals surface area contributed by atoms with Crippen LogP contribution in [0.15, 0.2) is 42.5 Å². The lowest BCUT2D eigenvalue weighted by atomic mass is 10.2. The highest BCUT2D eigenvalue weighted by atomic mass is 16.5. The molecule has 0 saturated carbocycles. The monoisotopic (exact) mass is 251 g/mol. The summed E-state index contributed by atoms with van der Waals surface area (Å²) in [5, 5.41) is 0.